The fourth-order valence-corrected chi connectivity index (χ4v) is 3.06. The fourth-order valence-electron chi connectivity index (χ4n) is 2.90. The maximum Gasteiger partial charge on any atom is 0.257 e. The number of hydrogen-bond acceptors (Lipinski definition) is 2. The standard InChI is InChI=1S/C15H20ClNO2/c1-10-5-3-4-6-13(10)17(2)15(19)12-8-7-11(16)9-14(12)18/h7-10,13,18H,3-6H2,1-2H3. The monoisotopic (exact) mass is 281 g/mol. The highest BCUT2D eigenvalue weighted by molar-refractivity contribution is 6.30. The van der Waals surface area contributed by atoms with Gasteiger partial charge in [-0.25, -0.2) is 0 Å². The van der Waals surface area contributed by atoms with Crippen molar-refractivity contribution < 1.29 is 9.90 Å². The lowest BCUT2D eigenvalue weighted by Gasteiger charge is -2.36. The smallest absolute Gasteiger partial charge is 0.257 e. The van der Waals surface area contributed by atoms with Gasteiger partial charge in [0, 0.05) is 18.1 Å². The molecule has 19 heavy (non-hydrogen) atoms. The van der Waals surface area contributed by atoms with E-state index in [-0.39, 0.29) is 17.7 Å². The highest BCUT2D eigenvalue weighted by Gasteiger charge is 2.29. The summed E-state index contributed by atoms with van der Waals surface area (Å²) in [6.07, 6.45) is 4.61. The second kappa shape index (κ2) is 5.83. The molecule has 2 unspecified atom stereocenters. The average Bonchev–Trinajstić information content (AvgIpc) is 2.38. The quantitative estimate of drug-likeness (QED) is 0.898. The highest BCUT2D eigenvalue weighted by atomic mass is 35.5. The maximum atomic E-state index is 12.4. The minimum atomic E-state index is -0.132. The summed E-state index contributed by atoms with van der Waals surface area (Å²) in [6, 6.07) is 4.89. The molecule has 4 heteroatoms. The third kappa shape index (κ3) is 3.03. The molecule has 1 amide bonds. The van der Waals surface area contributed by atoms with Crippen molar-refractivity contribution in [3.8, 4) is 5.75 Å². The lowest BCUT2D eigenvalue weighted by Crippen LogP contribution is -2.42. The van der Waals surface area contributed by atoms with Crippen LogP contribution in [-0.2, 0) is 0 Å². The molecule has 0 aromatic heterocycles. The first-order valence-electron chi connectivity index (χ1n) is 6.76. The van der Waals surface area contributed by atoms with Crippen molar-refractivity contribution in [3.63, 3.8) is 0 Å². The first kappa shape index (κ1) is 14.2. The van der Waals surface area contributed by atoms with Crippen molar-refractivity contribution in [1.29, 1.82) is 0 Å². The fraction of sp³-hybridized carbons (Fsp3) is 0.533. The normalized spacial score (nSPS) is 23.1. The Hall–Kier alpha value is -1.22. The zero-order valence-corrected chi connectivity index (χ0v) is 12.2. The van der Waals surface area contributed by atoms with E-state index >= 15 is 0 Å². The zero-order valence-electron chi connectivity index (χ0n) is 11.4. The Morgan fingerprint density at radius 3 is 2.68 bits per heavy atom. The van der Waals surface area contributed by atoms with Crippen LogP contribution in [0.25, 0.3) is 0 Å². The molecule has 0 aliphatic heterocycles. The summed E-state index contributed by atoms with van der Waals surface area (Å²) in [5.74, 6) is 0.331. The molecular formula is C15H20ClNO2. The third-order valence-electron chi connectivity index (χ3n) is 4.07. The van der Waals surface area contributed by atoms with Crippen molar-refractivity contribution in [3.05, 3.63) is 28.8 Å². The van der Waals surface area contributed by atoms with Gasteiger partial charge < -0.3 is 10.0 Å². The van der Waals surface area contributed by atoms with Crippen LogP contribution in [0.5, 0.6) is 5.75 Å². The van der Waals surface area contributed by atoms with Gasteiger partial charge >= 0.3 is 0 Å². The first-order valence-corrected chi connectivity index (χ1v) is 7.14. The molecule has 1 aliphatic carbocycles. The van der Waals surface area contributed by atoms with Gasteiger partial charge in [0.25, 0.3) is 5.91 Å². The van der Waals surface area contributed by atoms with Crippen LogP contribution in [0.1, 0.15) is 43.0 Å². The molecule has 0 bridgehead atoms. The number of nitrogens with zero attached hydrogens (tertiary/aromatic N) is 1. The van der Waals surface area contributed by atoms with E-state index in [0.717, 1.165) is 12.8 Å². The third-order valence-corrected chi connectivity index (χ3v) is 4.31. The molecule has 1 fully saturated rings. The van der Waals surface area contributed by atoms with Gasteiger partial charge in [-0.1, -0.05) is 31.4 Å². The molecule has 0 saturated heterocycles. The van der Waals surface area contributed by atoms with Crippen LogP contribution in [0, 0.1) is 5.92 Å². The first-order chi connectivity index (χ1) is 9.00. The largest absolute Gasteiger partial charge is 0.507 e. The number of phenols is 1. The Kier molecular flexibility index (Phi) is 4.35. The topological polar surface area (TPSA) is 40.5 Å². The number of aromatic hydroxyl groups is 1. The summed E-state index contributed by atoms with van der Waals surface area (Å²) >= 11 is 5.79. The van der Waals surface area contributed by atoms with Gasteiger partial charge in [0.1, 0.15) is 5.75 Å². The van der Waals surface area contributed by atoms with Crippen LogP contribution < -0.4 is 0 Å². The molecule has 3 nitrogen and oxygen atoms in total. The number of amides is 1. The molecule has 1 saturated carbocycles. The highest BCUT2D eigenvalue weighted by Crippen LogP contribution is 2.30. The lowest BCUT2D eigenvalue weighted by atomic mass is 9.85. The number of rotatable bonds is 2. The molecular weight excluding hydrogens is 262 g/mol. The molecule has 0 spiro atoms. The second-order valence-corrected chi connectivity index (χ2v) is 5.84. The predicted octanol–water partition coefficient (Wildman–Crippen LogP) is 3.70. The molecule has 0 radical (unpaired) electrons. The minimum absolute atomic E-state index is 0.0483. The Balaban J connectivity index is 2.18. The van der Waals surface area contributed by atoms with Crippen LogP contribution in [0.2, 0.25) is 5.02 Å². The molecule has 1 aromatic carbocycles. The van der Waals surface area contributed by atoms with E-state index in [9.17, 15) is 9.90 Å². The lowest BCUT2D eigenvalue weighted by molar-refractivity contribution is 0.0626. The number of halogens is 1. The van der Waals surface area contributed by atoms with E-state index in [1.54, 1.807) is 17.0 Å². The Morgan fingerprint density at radius 2 is 2.05 bits per heavy atom. The van der Waals surface area contributed by atoms with Gasteiger partial charge in [-0.05, 0) is 37.0 Å². The van der Waals surface area contributed by atoms with Gasteiger partial charge in [0.15, 0.2) is 0 Å². The summed E-state index contributed by atoms with van der Waals surface area (Å²) in [5, 5.41) is 10.3. The van der Waals surface area contributed by atoms with Gasteiger partial charge in [-0.2, -0.15) is 0 Å². The van der Waals surface area contributed by atoms with Crippen molar-refractivity contribution in [2.24, 2.45) is 5.92 Å². The predicted molar refractivity (Wildman–Crippen MR) is 76.6 cm³/mol. The van der Waals surface area contributed by atoms with Crippen molar-refractivity contribution in [1.82, 2.24) is 4.90 Å². The number of phenolic OH excluding ortho intramolecular Hbond substituents is 1. The number of carbonyl (C=O) groups is 1. The van der Waals surface area contributed by atoms with E-state index in [1.165, 1.54) is 18.9 Å². The molecule has 0 heterocycles. The van der Waals surface area contributed by atoms with Gasteiger partial charge in [0.05, 0.1) is 5.56 Å². The van der Waals surface area contributed by atoms with E-state index in [4.69, 9.17) is 11.6 Å². The Morgan fingerprint density at radius 1 is 1.37 bits per heavy atom. The molecule has 104 valence electrons. The SMILES string of the molecule is CC1CCCCC1N(C)C(=O)c1ccc(Cl)cc1O. The van der Waals surface area contributed by atoms with E-state index in [1.807, 2.05) is 7.05 Å². The summed E-state index contributed by atoms with van der Waals surface area (Å²) in [4.78, 5) is 14.2. The van der Waals surface area contributed by atoms with Crippen LogP contribution >= 0.6 is 11.6 Å². The summed E-state index contributed by atoms with van der Waals surface area (Å²) in [7, 11) is 1.82. The number of benzene rings is 1. The minimum Gasteiger partial charge on any atom is -0.507 e. The number of hydrogen-bond donors (Lipinski definition) is 1. The van der Waals surface area contributed by atoms with Crippen LogP contribution in [0.3, 0.4) is 0 Å². The van der Waals surface area contributed by atoms with Crippen molar-refractivity contribution >= 4 is 17.5 Å². The summed E-state index contributed by atoms with van der Waals surface area (Å²) < 4.78 is 0. The van der Waals surface area contributed by atoms with Crippen LogP contribution in [0.4, 0.5) is 0 Å². The van der Waals surface area contributed by atoms with Crippen molar-refractivity contribution in [2.45, 2.75) is 38.6 Å². The van der Waals surface area contributed by atoms with Gasteiger partial charge in [-0.3, -0.25) is 4.79 Å². The maximum absolute atomic E-state index is 12.4. The molecule has 1 aromatic rings. The van der Waals surface area contributed by atoms with Gasteiger partial charge in [-0.15, -0.1) is 0 Å². The number of carbonyl (C=O) groups excluding carboxylic acids is 1. The zero-order chi connectivity index (χ0) is 14.0. The van der Waals surface area contributed by atoms with Gasteiger partial charge in [0.2, 0.25) is 0 Å². The Bertz CT molecular complexity index is 475. The Labute approximate surface area is 119 Å². The van der Waals surface area contributed by atoms with Crippen molar-refractivity contribution in [2.75, 3.05) is 7.05 Å². The molecule has 1 N–H and O–H groups in total. The second-order valence-electron chi connectivity index (χ2n) is 5.41. The summed E-state index contributed by atoms with van der Waals surface area (Å²) in [5.41, 5.74) is 0.324. The molecule has 1 aliphatic rings. The summed E-state index contributed by atoms with van der Waals surface area (Å²) in [6.45, 7) is 2.19. The molecule has 2 atom stereocenters. The van der Waals surface area contributed by atoms with E-state index in [2.05, 4.69) is 6.92 Å². The van der Waals surface area contributed by atoms with E-state index < -0.39 is 0 Å². The average molecular weight is 282 g/mol. The van der Waals surface area contributed by atoms with Crippen LogP contribution in [0.15, 0.2) is 18.2 Å². The van der Waals surface area contributed by atoms with E-state index in [0.29, 0.717) is 16.5 Å². The van der Waals surface area contributed by atoms with Crippen LogP contribution in [-0.4, -0.2) is 29.0 Å². The molecule has 2 rings (SSSR count).